The largest absolute Gasteiger partial charge is 0.370 e. The van der Waals surface area contributed by atoms with Crippen molar-refractivity contribution >= 4 is 11.6 Å². The second kappa shape index (κ2) is 6.85. The molecular formula is C14H26N6. The summed E-state index contributed by atoms with van der Waals surface area (Å²) < 4.78 is 0. The number of nitrogens with zero attached hydrogens (tertiary/aromatic N) is 4. The van der Waals surface area contributed by atoms with Crippen LogP contribution < -0.4 is 10.7 Å². The van der Waals surface area contributed by atoms with E-state index in [1.165, 1.54) is 0 Å². The quantitative estimate of drug-likeness (QED) is 0.853. The number of rotatable bonds is 5. The minimum atomic E-state index is 0.375. The van der Waals surface area contributed by atoms with Crippen molar-refractivity contribution < 1.29 is 0 Å². The van der Waals surface area contributed by atoms with Gasteiger partial charge >= 0.3 is 0 Å². The number of piperazine rings is 1. The van der Waals surface area contributed by atoms with Crippen LogP contribution in [-0.2, 0) is 0 Å². The van der Waals surface area contributed by atoms with Crippen LogP contribution in [0.5, 0.6) is 0 Å². The van der Waals surface area contributed by atoms with Crippen LogP contribution in [0.2, 0.25) is 0 Å². The van der Waals surface area contributed by atoms with Gasteiger partial charge in [0.25, 0.3) is 0 Å². The summed E-state index contributed by atoms with van der Waals surface area (Å²) in [7, 11) is 2.16. The molecule has 1 fully saturated rings. The Morgan fingerprint density at radius 2 is 1.80 bits per heavy atom. The van der Waals surface area contributed by atoms with Crippen molar-refractivity contribution in [3.63, 3.8) is 0 Å². The summed E-state index contributed by atoms with van der Waals surface area (Å²) >= 11 is 0. The van der Waals surface area contributed by atoms with Crippen LogP contribution in [0, 0.1) is 0 Å². The maximum Gasteiger partial charge on any atom is 0.149 e. The predicted octanol–water partition coefficient (Wildman–Crippen LogP) is 1.61. The van der Waals surface area contributed by atoms with Crippen molar-refractivity contribution in [3.8, 4) is 0 Å². The predicted molar refractivity (Wildman–Crippen MR) is 83.0 cm³/mol. The van der Waals surface area contributed by atoms with Crippen LogP contribution in [0.1, 0.15) is 32.3 Å². The molecule has 0 amide bonds. The van der Waals surface area contributed by atoms with E-state index in [9.17, 15) is 0 Å². The summed E-state index contributed by atoms with van der Waals surface area (Å²) in [6.07, 6.45) is 1.63. The molecule has 0 saturated carbocycles. The van der Waals surface area contributed by atoms with E-state index >= 15 is 0 Å². The molecule has 0 atom stereocenters. The van der Waals surface area contributed by atoms with Crippen LogP contribution in [0.25, 0.3) is 0 Å². The summed E-state index contributed by atoms with van der Waals surface area (Å²) in [5.74, 6) is 2.24. The van der Waals surface area contributed by atoms with Crippen LogP contribution in [-0.4, -0.2) is 59.6 Å². The van der Waals surface area contributed by atoms with Gasteiger partial charge in [-0.1, -0.05) is 13.8 Å². The van der Waals surface area contributed by atoms with Crippen LogP contribution in [0.4, 0.5) is 11.6 Å². The van der Waals surface area contributed by atoms with E-state index in [2.05, 4.69) is 58.4 Å². The maximum atomic E-state index is 4.44. The second-order valence-electron chi connectivity index (χ2n) is 5.57. The fourth-order valence-electron chi connectivity index (χ4n) is 2.41. The molecular weight excluding hydrogens is 252 g/mol. The minimum absolute atomic E-state index is 0.375. The Hall–Kier alpha value is -1.40. The van der Waals surface area contributed by atoms with E-state index in [1.807, 2.05) is 0 Å². The monoisotopic (exact) mass is 278 g/mol. The number of hydrazine groups is 1. The lowest BCUT2D eigenvalue weighted by Crippen LogP contribution is -2.47. The van der Waals surface area contributed by atoms with Crippen molar-refractivity contribution in [3.05, 3.63) is 11.9 Å². The van der Waals surface area contributed by atoms with Crippen molar-refractivity contribution in [2.45, 2.75) is 26.7 Å². The number of likely N-dealkylation sites (N-methyl/N-ethyl adjacent to an activating group) is 1. The molecule has 2 rings (SSSR count). The molecule has 6 nitrogen and oxygen atoms in total. The fraction of sp³-hybridized carbons (Fsp3) is 0.714. The fourth-order valence-corrected chi connectivity index (χ4v) is 2.41. The Balaban J connectivity index is 2.16. The van der Waals surface area contributed by atoms with Gasteiger partial charge in [-0.25, -0.2) is 15.0 Å². The van der Waals surface area contributed by atoms with E-state index in [4.69, 9.17) is 0 Å². The van der Waals surface area contributed by atoms with Crippen LogP contribution >= 0.6 is 0 Å². The summed E-state index contributed by atoms with van der Waals surface area (Å²) in [4.78, 5) is 11.1. The molecule has 0 unspecified atom stereocenters. The van der Waals surface area contributed by atoms with Gasteiger partial charge in [0.2, 0.25) is 0 Å². The summed E-state index contributed by atoms with van der Waals surface area (Å²) in [5.41, 5.74) is 4.63. The van der Waals surface area contributed by atoms with E-state index in [0.717, 1.165) is 49.9 Å². The molecule has 6 heteroatoms. The molecule has 2 heterocycles. The van der Waals surface area contributed by atoms with E-state index in [1.54, 1.807) is 6.33 Å². The normalized spacial score (nSPS) is 17.4. The number of anilines is 2. The highest BCUT2D eigenvalue weighted by molar-refractivity contribution is 5.58. The first-order valence-corrected chi connectivity index (χ1v) is 7.40. The zero-order chi connectivity index (χ0) is 14.5. The zero-order valence-corrected chi connectivity index (χ0v) is 13.0. The Kier molecular flexibility index (Phi) is 5.14. The lowest BCUT2D eigenvalue weighted by atomic mass is 10.0. The summed E-state index contributed by atoms with van der Waals surface area (Å²) in [6.45, 7) is 11.5. The van der Waals surface area contributed by atoms with Gasteiger partial charge in [0.15, 0.2) is 0 Å². The van der Waals surface area contributed by atoms with Gasteiger partial charge in [-0.3, -0.25) is 0 Å². The van der Waals surface area contributed by atoms with Crippen molar-refractivity contribution in [1.82, 2.24) is 19.9 Å². The first-order chi connectivity index (χ1) is 9.61. The Morgan fingerprint density at radius 1 is 1.15 bits per heavy atom. The first kappa shape index (κ1) is 15.0. The SMILES string of the molecule is CCNc1ncnc(NN2CCN(C)CC2)c1C(C)C. The van der Waals surface area contributed by atoms with Gasteiger partial charge in [0, 0.05) is 38.3 Å². The summed E-state index contributed by atoms with van der Waals surface area (Å²) in [6, 6.07) is 0. The van der Waals surface area contributed by atoms with Gasteiger partial charge in [0.05, 0.1) is 0 Å². The molecule has 1 aliphatic heterocycles. The molecule has 1 aromatic heterocycles. The van der Waals surface area contributed by atoms with Gasteiger partial charge < -0.3 is 15.6 Å². The number of hydrogen-bond donors (Lipinski definition) is 2. The molecule has 112 valence electrons. The van der Waals surface area contributed by atoms with Gasteiger partial charge in [0.1, 0.15) is 18.0 Å². The summed E-state index contributed by atoms with van der Waals surface area (Å²) in [5, 5.41) is 5.56. The van der Waals surface area contributed by atoms with Gasteiger partial charge in [-0.15, -0.1) is 0 Å². The van der Waals surface area contributed by atoms with Crippen LogP contribution in [0.3, 0.4) is 0 Å². The highest BCUT2D eigenvalue weighted by Gasteiger charge is 2.19. The number of nitrogens with one attached hydrogen (secondary N) is 2. The standard InChI is InChI=1S/C14H26N6/c1-5-15-13-12(11(2)3)14(17-10-16-13)18-20-8-6-19(4)7-9-20/h10-11H,5-9H2,1-4H3,(H2,15,16,17,18). The second-order valence-corrected chi connectivity index (χ2v) is 5.57. The van der Waals surface area contributed by atoms with Crippen LogP contribution in [0.15, 0.2) is 6.33 Å². The third-order valence-corrected chi connectivity index (χ3v) is 3.57. The Bertz CT molecular complexity index is 426. The molecule has 20 heavy (non-hydrogen) atoms. The zero-order valence-electron chi connectivity index (χ0n) is 13.0. The molecule has 0 bridgehead atoms. The van der Waals surface area contributed by atoms with E-state index in [0.29, 0.717) is 5.92 Å². The third kappa shape index (κ3) is 3.58. The Labute approximate surface area is 121 Å². The highest BCUT2D eigenvalue weighted by atomic mass is 15.5. The average molecular weight is 278 g/mol. The molecule has 1 saturated heterocycles. The lowest BCUT2D eigenvalue weighted by molar-refractivity contribution is 0.178. The number of aromatic nitrogens is 2. The Morgan fingerprint density at radius 3 is 2.40 bits per heavy atom. The van der Waals surface area contributed by atoms with Crippen molar-refractivity contribution in [2.75, 3.05) is 50.5 Å². The lowest BCUT2D eigenvalue weighted by Gasteiger charge is -2.33. The third-order valence-electron chi connectivity index (χ3n) is 3.57. The molecule has 1 aliphatic rings. The molecule has 0 aromatic carbocycles. The van der Waals surface area contributed by atoms with E-state index < -0.39 is 0 Å². The molecule has 1 aromatic rings. The topological polar surface area (TPSA) is 56.3 Å². The van der Waals surface area contributed by atoms with Crippen molar-refractivity contribution in [2.24, 2.45) is 0 Å². The first-order valence-electron chi connectivity index (χ1n) is 7.40. The highest BCUT2D eigenvalue weighted by Crippen LogP contribution is 2.28. The molecule has 2 N–H and O–H groups in total. The number of hydrogen-bond acceptors (Lipinski definition) is 6. The minimum Gasteiger partial charge on any atom is -0.370 e. The molecule has 0 radical (unpaired) electrons. The molecule has 0 aliphatic carbocycles. The van der Waals surface area contributed by atoms with Crippen molar-refractivity contribution in [1.29, 1.82) is 0 Å². The molecule has 0 spiro atoms. The van der Waals surface area contributed by atoms with Gasteiger partial charge in [-0.05, 0) is 19.9 Å². The van der Waals surface area contributed by atoms with E-state index in [-0.39, 0.29) is 0 Å². The maximum absolute atomic E-state index is 4.44. The smallest absolute Gasteiger partial charge is 0.149 e. The average Bonchev–Trinajstić information content (AvgIpc) is 2.41. The van der Waals surface area contributed by atoms with Gasteiger partial charge in [-0.2, -0.15) is 0 Å².